The van der Waals surface area contributed by atoms with Gasteiger partial charge in [0.1, 0.15) is 0 Å². The Morgan fingerprint density at radius 2 is 1.62 bits per heavy atom. The Morgan fingerprint density at radius 1 is 1.12 bits per heavy atom. The zero-order valence-electron chi connectivity index (χ0n) is 10.5. The maximum absolute atomic E-state index is 6.09. The molecule has 1 rings (SSSR count). The zero-order chi connectivity index (χ0) is 12.3. The first-order chi connectivity index (χ1) is 7.30. The molecule has 4 N–H and O–H groups in total. The molecule has 0 aliphatic rings. The lowest BCUT2D eigenvalue weighted by Gasteiger charge is -2.27. The van der Waals surface area contributed by atoms with Crippen molar-refractivity contribution in [2.45, 2.75) is 49.4 Å². The summed E-state index contributed by atoms with van der Waals surface area (Å²) in [6.07, 6.45) is 0. The van der Waals surface area contributed by atoms with Crippen LogP contribution in [0.2, 0.25) is 0 Å². The number of thioether (sulfide) groups is 1. The third-order valence-electron chi connectivity index (χ3n) is 2.41. The van der Waals surface area contributed by atoms with Gasteiger partial charge in [0.05, 0.1) is 0 Å². The summed E-state index contributed by atoms with van der Waals surface area (Å²) in [5.74, 6) is 0. The Labute approximate surface area is 103 Å². The second-order valence-electron chi connectivity index (χ2n) is 5.03. The van der Waals surface area contributed by atoms with Crippen molar-refractivity contribution in [1.29, 1.82) is 0 Å². The van der Waals surface area contributed by atoms with Gasteiger partial charge in [-0.3, -0.25) is 0 Å². The molecule has 0 saturated carbocycles. The molecule has 0 amide bonds. The van der Waals surface area contributed by atoms with E-state index in [1.54, 1.807) is 0 Å². The lowest BCUT2D eigenvalue weighted by atomic mass is 9.91. The van der Waals surface area contributed by atoms with E-state index in [0.717, 1.165) is 5.56 Å². The summed E-state index contributed by atoms with van der Waals surface area (Å²) in [7, 11) is 0. The van der Waals surface area contributed by atoms with E-state index >= 15 is 0 Å². The SMILES string of the molecule is CC(C)Sc1ccc(C(N)C(C)(C)N)cc1. The van der Waals surface area contributed by atoms with Crippen LogP contribution in [0.3, 0.4) is 0 Å². The van der Waals surface area contributed by atoms with E-state index in [4.69, 9.17) is 11.5 Å². The van der Waals surface area contributed by atoms with Crippen LogP contribution in [-0.4, -0.2) is 10.8 Å². The largest absolute Gasteiger partial charge is 0.324 e. The second-order valence-corrected chi connectivity index (χ2v) is 6.68. The molecule has 1 aromatic rings. The number of benzene rings is 1. The molecule has 0 aliphatic heterocycles. The standard InChI is InChI=1S/C13H22N2S/c1-9(2)16-11-7-5-10(6-8-11)12(14)13(3,4)15/h5-9,12H,14-15H2,1-4H3. The third kappa shape index (κ3) is 3.81. The summed E-state index contributed by atoms with van der Waals surface area (Å²) in [6, 6.07) is 8.26. The predicted octanol–water partition coefficient (Wildman–Crippen LogP) is 2.92. The number of hydrogen-bond acceptors (Lipinski definition) is 3. The van der Waals surface area contributed by atoms with Crippen LogP contribution in [0.1, 0.15) is 39.3 Å². The summed E-state index contributed by atoms with van der Waals surface area (Å²) < 4.78 is 0. The summed E-state index contributed by atoms with van der Waals surface area (Å²) in [6.45, 7) is 8.28. The normalized spacial score (nSPS) is 14.2. The molecule has 0 aromatic heterocycles. The van der Waals surface area contributed by atoms with Gasteiger partial charge < -0.3 is 11.5 Å². The van der Waals surface area contributed by atoms with Crippen molar-refractivity contribution >= 4 is 11.8 Å². The van der Waals surface area contributed by atoms with Crippen molar-refractivity contribution in [2.24, 2.45) is 11.5 Å². The molecule has 0 bridgehead atoms. The van der Waals surface area contributed by atoms with Gasteiger partial charge in [0.15, 0.2) is 0 Å². The van der Waals surface area contributed by atoms with Crippen LogP contribution in [0, 0.1) is 0 Å². The van der Waals surface area contributed by atoms with Gasteiger partial charge in [0.25, 0.3) is 0 Å². The minimum Gasteiger partial charge on any atom is -0.324 e. The van der Waals surface area contributed by atoms with Gasteiger partial charge in [-0.2, -0.15) is 0 Å². The summed E-state index contributed by atoms with van der Waals surface area (Å²) in [4.78, 5) is 1.28. The van der Waals surface area contributed by atoms with Crippen molar-refractivity contribution < 1.29 is 0 Å². The maximum atomic E-state index is 6.09. The fraction of sp³-hybridized carbons (Fsp3) is 0.538. The Kier molecular flexibility index (Phi) is 4.42. The Hall–Kier alpha value is -0.510. The molecule has 0 fully saturated rings. The number of nitrogens with two attached hydrogens (primary N) is 2. The lowest BCUT2D eigenvalue weighted by molar-refractivity contribution is 0.420. The fourth-order valence-electron chi connectivity index (χ4n) is 1.46. The molecule has 90 valence electrons. The highest BCUT2D eigenvalue weighted by Gasteiger charge is 2.22. The highest BCUT2D eigenvalue weighted by molar-refractivity contribution is 7.99. The first kappa shape index (κ1) is 13.6. The predicted molar refractivity (Wildman–Crippen MR) is 72.6 cm³/mol. The van der Waals surface area contributed by atoms with Crippen LogP contribution in [0.15, 0.2) is 29.2 Å². The molecule has 16 heavy (non-hydrogen) atoms. The van der Waals surface area contributed by atoms with E-state index in [1.807, 2.05) is 25.6 Å². The molecular formula is C13H22N2S. The van der Waals surface area contributed by atoms with Gasteiger partial charge in [-0.25, -0.2) is 0 Å². The van der Waals surface area contributed by atoms with Gasteiger partial charge in [0.2, 0.25) is 0 Å². The van der Waals surface area contributed by atoms with Crippen LogP contribution in [0.5, 0.6) is 0 Å². The van der Waals surface area contributed by atoms with E-state index in [-0.39, 0.29) is 11.6 Å². The van der Waals surface area contributed by atoms with Crippen molar-refractivity contribution in [3.8, 4) is 0 Å². The minimum absolute atomic E-state index is 0.120. The highest BCUT2D eigenvalue weighted by atomic mass is 32.2. The van der Waals surface area contributed by atoms with Gasteiger partial charge in [-0.05, 0) is 31.5 Å². The zero-order valence-corrected chi connectivity index (χ0v) is 11.3. The van der Waals surface area contributed by atoms with E-state index < -0.39 is 0 Å². The maximum Gasteiger partial charge on any atom is 0.0472 e. The number of hydrogen-bond donors (Lipinski definition) is 2. The van der Waals surface area contributed by atoms with Crippen LogP contribution in [0.4, 0.5) is 0 Å². The fourth-order valence-corrected chi connectivity index (χ4v) is 2.29. The van der Waals surface area contributed by atoms with Gasteiger partial charge in [-0.15, -0.1) is 11.8 Å². The van der Waals surface area contributed by atoms with Crippen molar-refractivity contribution in [1.82, 2.24) is 0 Å². The molecule has 1 unspecified atom stereocenters. The van der Waals surface area contributed by atoms with E-state index in [0.29, 0.717) is 5.25 Å². The topological polar surface area (TPSA) is 52.0 Å². The van der Waals surface area contributed by atoms with E-state index in [1.165, 1.54) is 4.90 Å². The molecule has 0 saturated heterocycles. The first-order valence-electron chi connectivity index (χ1n) is 5.62. The molecule has 3 heteroatoms. The third-order valence-corrected chi connectivity index (χ3v) is 3.43. The minimum atomic E-state index is -0.382. The molecule has 0 heterocycles. The summed E-state index contributed by atoms with van der Waals surface area (Å²) in [5, 5.41) is 0.602. The summed E-state index contributed by atoms with van der Waals surface area (Å²) >= 11 is 1.85. The molecular weight excluding hydrogens is 216 g/mol. The second kappa shape index (κ2) is 5.21. The Bertz CT molecular complexity index is 325. The average molecular weight is 238 g/mol. The Balaban J connectivity index is 2.79. The molecule has 0 spiro atoms. The molecule has 2 nitrogen and oxygen atoms in total. The smallest absolute Gasteiger partial charge is 0.0472 e. The van der Waals surface area contributed by atoms with Gasteiger partial charge in [0, 0.05) is 21.7 Å². The van der Waals surface area contributed by atoms with Crippen molar-refractivity contribution in [3.05, 3.63) is 29.8 Å². The highest BCUT2D eigenvalue weighted by Crippen LogP contribution is 2.26. The number of rotatable bonds is 4. The van der Waals surface area contributed by atoms with Crippen LogP contribution >= 0.6 is 11.8 Å². The van der Waals surface area contributed by atoms with E-state index in [9.17, 15) is 0 Å². The molecule has 1 atom stereocenters. The van der Waals surface area contributed by atoms with Gasteiger partial charge >= 0.3 is 0 Å². The monoisotopic (exact) mass is 238 g/mol. The molecule has 0 aliphatic carbocycles. The van der Waals surface area contributed by atoms with E-state index in [2.05, 4.69) is 38.1 Å². The Morgan fingerprint density at radius 3 is 2.00 bits per heavy atom. The molecule has 1 aromatic carbocycles. The van der Waals surface area contributed by atoms with Crippen LogP contribution < -0.4 is 11.5 Å². The van der Waals surface area contributed by atoms with Crippen molar-refractivity contribution in [2.75, 3.05) is 0 Å². The van der Waals surface area contributed by atoms with Crippen LogP contribution in [0.25, 0.3) is 0 Å². The lowest BCUT2D eigenvalue weighted by Crippen LogP contribution is -2.43. The van der Waals surface area contributed by atoms with Crippen molar-refractivity contribution in [3.63, 3.8) is 0 Å². The average Bonchev–Trinajstić information content (AvgIpc) is 2.15. The first-order valence-corrected chi connectivity index (χ1v) is 6.49. The van der Waals surface area contributed by atoms with Gasteiger partial charge in [-0.1, -0.05) is 26.0 Å². The van der Waals surface area contributed by atoms with Crippen LogP contribution in [-0.2, 0) is 0 Å². The quantitative estimate of drug-likeness (QED) is 0.793. The summed E-state index contributed by atoms with van der Waals surface area (Å²) in [5.41, 5.74) is 12.8. The molecule has 0 radical (unpaired) electrons.